The molecular weight excluding hydrogens is 138 g/mol. The van der Waals surface area contributed by atoms with Gasteiger partial charge < -0.3 is 10.5 Å². The Morgan fingerprint density at radius 2 is 2.36 bits per heavy atom. The molecule has 1 aliphatic heterocycles. The lowest BCUT2D eigenvalue weighted by Crippen LogP contribution is -2.16. The van der Waals surface area contributed by atoms with E-state index in [1.165, 1.54) is 12.8 Å². The molecule has 11 heavy (non-hydrogen) atoms. The standard InChI is InChI=1S/C9H15NO/c10-6-2-1-4-9-5-3-7-11-8-9/h9H,3-8,10H2. The lowest BCUT2D eigenvalue weighted by molar-refractivity contribution is 0.0567. The fourth-order valence-electron chi connectivity index (χ4n) is 1.26. The highest BCUT2D eigenvalue weighted by molar-refractivity contribution is 5.01. The highest BCUT2D eigenvalue weighted by Crippen LogP contribution is 2.15. The molecule has 1 rings (SSSR count). The minimum atomic E-state index is 0.480. The van der Waals surface area contributed by atoms with Crippen LogP contribution in [0.15, 0.2) is 0 Å². The van der Waals surface area contributed by atoms with Gasteiger partial charge in [0.1, 0.15) is 0 Å². The van der Waals surface area contributed by atoms with Crippen molar-refractivity contribution < 1.29 is 4.74 Å². The normalized spacial score (nSPS) is 23.9. The number of ether oxygens (including phenoxy) is 1. The van der Waals surface area contributed by atoms with Crippen molar-refractivity contribution in [2.45, 2.75) is 19.3 Å². The van der Waals surface area contributed by atoms with Crippen molar-refractivity contribution in [3.8, 4) is 11.8 Å². The van der Waals surface area contributed by atoms with E-state index in [1.807, 2.05) is 0 Å². The maximum Gasteiger partial charge on any atom is 0.0551 e. The van der Waals surface area contributed by atoms with E-state index in [0.29, 0.717) is 12.5 Å². The van der Waals surface area contributed by atoms with E-state index in [2.05, 4.69) is 11.8 Å². The fourth-order valence-corrected chi connectivity index (χ4v) is 1.26. The third kappa shape index (κ3) is 3.41. The maximum absolute atomic E-state index is 5.31. The number of rotatable bonds is 1. The van der Waals surface area contributed by atoms with Crippen molar-refractivity contribution >= 4 is 0 Å². The van der Waals surface area contributed by atoms with Crippen LogP contribution in [-0.2, 0) is 4.74 Å². The molecule has 0 radical (unpaired) electrons. The van der Waals surface area contributed by atoms with Crippen molar-refractivity contribution in [3.05, 3.63) is 0 Å². The summed E-state index contributed by atoms with van der Waals surface area (Å²) in [5.74, 6) is 6.57. The van der Waals surface area contributed by atoms with E-state index in [-0.39, 0.29) is 0 Å². The lowest BCUT2D eigenvalue weighted by atomic mass is 9.99. The average molecular weight is 153 g/mol. The summed E-state index contributed by atoms with van der Waals surface area (Å²) in [4.78, 5) is 0. The molecule has 2 heteroatoms. The second-order valence-electron chi connectivity index (χ2n) is 2.84. The van der Waals surface area contributed by atoms with E-state index in [4.69, 9.17) is 10.5 Å². The summed E-state index contributed by atoms with van der Waals surface area (Å²) in [5.41, 5.74) is 5.24. The predicted octanol–water partition coefficient (Wildman–Crippen LogP) is 0.765. The molecule has 2 nitrogen and oxygen atoms in total. The Hall–Kier alpha value is -0.520. The zero-order valence-corrected chi connectivity index (χ0v) is 6.81. The molecule has 1 heterocycles. The smallest absolute Gasteiger partial charge is 0.0551 e. The van der Waals surface area contributed by atoms with Crippen LogP contribution in [0.25, 0.3) is 0 Å². The van der Waals surface area contributed by atoms with Crippen molar-refractivity contribution in [1.82, 2.24) is 0 Å². The second kappa shape index (κ2) is 5.17. The highest BCUT2D eigenvalue weighted by atomic mass is 16.5. The van der Waals surface area contributed by atoms with Crippen molar-refractivity contribution in [2.24, 2.45) is 11.7 Å². The quantitative estimate of drug-likeness (QED) is 0.565. The molecule has 0 aromatic carbocycles. The van der Waals surface area contributed by atoms with Crippen LogP contribution in [0.3, 0.4) is 0 Å². The van der Waals surface area contributed by atoms with Gasteiger partial charge in [-0.1, -0.05) is 5.92 Å². The third-order valence-electron chi connectivity index (χ3n) is 1.87. The Bertz CT molecular complexity index is 151. The molecule has 0 saturated carbocycles. The Morgan fingerprint density at radius 3 is 3.00 bits per heavy atom. The molecule has 1 fully saturated rings. The van der Waals surface area contributed by atoms with Crippen LogP contribution in [-0.4, -0.2) is 19.8 Å². The molecule has 0 aliphatic carbocycles. The van der Waals surface area contributed by atoms with Crippen LogP contribution in [0.2, 0.25) is 0 Å². The highest BCUT2D eigenvalue weighted by Gasteiger charge is 2.11. The first kappa shape index (κ1) is 8.58. The number of nitrogens with two attached hydrogens (primary N) is 1. The predicted molar refractivity (Wildman–Crippen MR) is 45.0 cm³/mol. The van der Waals surface area contributed by atoms with E-state index in [9.17, 15) is 0 Å². The summed E-state index contributed by atoms with van der Waals surface area (Å²) in [6.07, 6.45) is 3.41. The molecule has 0 aromatic rings. The van der Waals surface area contributed by atoms with Crippen LogP contribution in [0.1, 0.15) is 19.3 Å². The van der Waals surface area contributed by atoms with Gasteiger partial charge in [0.15, 0.2) is 0 Å². The first-order valence-corrected chi connectivity index (χ1v) is 4.17. The molecule has 1 saturated heterocycles. The topological polar surface area (TPSA) is 35.2 Å². The summed E-state index contributed by atoms with van der Waals surface area (Å²) < 4.78 is 5.31. The minimum absolute atomic E-state index is 0.480. The number of hydrogen-bond donors (Lipinski definition) is 1. The molecular formula is C9H15NO. The van der Waals surface area contributed by atoms with E-state index in [0.717, 1.165) is 19.6 Å². The van der Waals surface area contributed by atoms with Crippen LogP contribution in [0, 0.1) is 17.8 Å². The first-order chi connectivity index (χ1) is 5.43. The van der Waals surface area contributed by atoms with Crippen LogP contribution in [0.5, 0.6) is 0 Å². The monoisotopic (exact) mass is 153 g/mol. The molecule has 0 spiro atoms. The van der Waals surface area contributed by atoms with Gasteiger partial charge in [0.2, 0.25) is 0 Å². The molecule has 0 aromatic heterocycles. The lowest BCUT2D eigenvalue weighted by Gasteiger charge is -2.19. The van der Waals surface area contributed by atoms with Crippen LogP contribution >= 0.6 is 0 Å². The van der Waals surface area contributed by atoms with E-state index < -0.39 is 0 Å². The molecule has 0 bridgehead atoms. The minimum Gasteiger partial charge on any atom is -0.381 e. The van der Waals surface area contributed by atoms with Gasteiger partial charge in [-0.15, -0.1) is 5.92 Å². The van der Waals surface area contributed by atoms with E-state index >= 15 is 0 Å². The van der Waals surface area contributed by atoms with Gasteiger partial charge in [0, 0.05) is 13.0 Å². The van der Waals surface area contributed by atoms with Gasteiger partial charge in [-0.05, 0) is 18.8 Å². The Balaban J connectivity index is 2.14. The van der Waals surface area contributed by atoms with Gasteiger partial charge in [-0.25, -0.2) is 0 Å². The zero-order chi connectivity index (χ0) is 7.94. The maximum atomic E-state index is 5.31. The Kier molecular flexibility index (Phi) is 4.03. The largest absolute Gasteiger partial charge is 0.381 e. The number of hydrogen-bond acceptors (Lipinski definition) is 2. The van der Waals surface area contributed by atoms with Gasteiger partial charge in [0.05, 0.1) is 13.2 Å². The summed E-state index contributed by atoms with van der Waals surface area (Å²) in [6, 6.07) is 0. The van der Waals surface area contributed by atoms with Crippen LogP contribution < -0.4 is 5.73 Å². The molecule has 1 aliphatic rings. The second-order valence-corrected chi connectivity index (χ2v) is 2.84. The first-order valence-electron chi connectivity index (χ1n) is 4.17. The average Bonchev–Trinajstić information content (AvgIpc) is 2.07. The summed E-state index contributed by atoms with van der Waals surface area (Å²) in [5, 5.41) is 0. The molecule has 1 unspecified atom stereocenters. The van der Waals surface area contributed by atoms with Gasteiger partial charge >= 0.3 is 0 Å². The zero-order valence-electron chi connectivity index (χ0n) is 6.81. The fraction of sp³-hybridized carbons (Fsp3) is 0.778. The Morgan fingerprint density at radius 1 is 1.45 bits per heavy atom. The SMILES string of the molecule is NCC#CCC1CCCOC1. The van der Waals surface area contributed by atoms with Gasteiger partial charge in [-0.3, -0.25) is 0 Å². The third-order valence-corrected chi connectivity index (χ3v) is 1.87. The molecule has 1 atom stereocenters. The summed E-state index contributed by atoms with van der Waals surface area (Å²) in [6.45, 7) is 2.30. The van der Waals surface area contributed by atoms with Gasteiger partial charge in [0.25, 0.3) is 0 Å². The van der Waals surface area contributed by atoms with Gasteiger partial charge in [-0.2, -0.15) is 0 Å². The molecule has 0 amide bonds. The molecule has 62 valence electrons. The van der Waals surface area contributed by atoms with Crippen molar-refractivity contribution in [1.29, 1.82) is 0 Å². The Labute approximate surface area is 68.1 Å². The summed E-state index contributed by atoms with van der Waals surface area (Å²) >= 11 is 0. The van der Waals surface area contributed by atoms with Crippen molar-refractivity contribution in [3.63, 3.8) is 0 Å². The van der Waals surface area contributed by atoms with E-state index in [1.54, 1.807) is 0 Å². The van der Waals surface area contributed by atoms with Crippen molar-refractivity contribution in [2.75, 3.05) is 19.8 Å². The van der Waals surface area contributed by atoms with Crippen LogP contribution in [0.4, 0.5) is 0 Å². The summed E-state index contributed by atoms with van der Waals surface area (Å²) in [7, 11) is 0. The molecule has 2 N–H and O–H groups in total.